The fraction of sp³-hybridized carbons (Fsp3) is 0.565. The van der Waals surface area contributed by atoms with E-state index in [2.05, 4.69) is 15.6 Å². The molecule has 2 aromatic rings. The highest BCUT2D eigenvalue weighted by molar-refractivity contribution is 7.15. The van der Waals surface area contributed by atoms with Crippen LogP contribution in [0.25, 0.3) is 0 Å². The van der Waals surface area contributed by atoms with Gasteiger partial charge in [-0.15, -0.1) is 11.3 Å². The summed E-state index contributed by atoms with van der Waals surface area (Å²) in [4.78, 5) is 18.2. The van der Waals surface area contributed by atoms with Crippen molar-refractivity contribution in [2.75, 3.05) is 23.8 Å². The number of carbonyl (C=O) groups is 1. The van der Waals surface area contributed by atoms with E-state index in [-0.39, 0.29) is 5.91 Å². The largest absolute Gasteiger partial charge is 0.396 e. The smallest absolute Gasteiger partial charge is 0.257 e. The molecule has 0 saturated carbocycles. The van der Waals surface area contributed by atoms with E-state index in [1.165, 1.54) is 43.4 Å². The maximum absolute atomic E-state index is 12.7. The number of aliphatic hydroxyl groups excluding tert-OH is 1. The van der Waals surface area contributed by atoms with Gasteiger partial charge in [0, 0.05) is 29.3 Å². The molecule has 3 N–H and O–H groups in total. The minimum absolute atomic E-state index is 0.110. The van der Waals surface area contributed by atoms with Crippen LogP contribution < -0.4 is 10.6 Å². The summed E-state index contributed by atoms with van der Waals surface area (Å²) in [5.74, 6) is -0.110. The van der Waals surface area contributed by atoms with Gasteiger partial charge in [0.2, 0.25) is 0 Å². The van der Waals surface area contributed by atoms with Crippen molar-refractivity contribution in [3.8, 4) is 0 Å². The van der Waals surface area contributed by atoms with E-state index in [0.29, 0.717) is 17.3 Å². The number of benzene rings is 1. The molecule has 1 amide bonds. The van der Waals surface area contributed by atoms with E-state index < -0.39 is 0 Å². The van der Waals surface area contributed by atoms with E-state index in [4.69, 9.17) is 5.11 Å². The number of hydrogen-bond donors (Lipinski definition) is 3. The molecule has 6 heteroatoms. The highest BCUT2D eigenvalue weighted by atomic mass is 32.1. The molecule has 1 heterocycles. The van der Waals surface area contributed by atoms with Gasteiger partial charge in [0.1, 0.15) is 0 Å². The summed E-state index contributed by atoms with van der Waals surface area (Å²) in [6, 6.07) is 5.82. The van der Waals surface area contributed by atoms with Crippen LogP contribution in [0.1, 0.15) is 77.9 Å². The highest BCUT2D eigenvalue weighted by Crippen LogP contribution is 2.24. The quantitative estimate of drug-likeness (QED) is 0.358. The molecule has 0 unspecified atom stereocenters. The van der Waals surface area contributed by atoms with Crippen LogP contribution in [0.15, 0.2) is 18.2 Å². The molecule has 2 rings (SSSR count). The van der Waals surface area contributed by atoms with Crippen molar-refractivity contribution in [2.45, 2.75) is 72.1 Å². The molecule has 0 radical (unpaired) electrons. The van der Waals surface area contributed by atoms with Crippen LogP contribution in [0.3, 0.4) is 0 Å². The predicted molar refractivity (Wildman–Crippen MR) is 123 cm³/mol. The Hall–Kier alpha value is -1.92. The summed E-state index contributed by atoms with van der Waals surface area (Å²) in [5.41, 5.74) is 3.64. The van der Waals surface area contributed by atoms with Crippen LogP contribution in [0.5, 0.6) is 0 Å². The molecular formula is C23H35N3O2S. The molecule has 0 aliphatic rings. The van der Waals surface area contributed by atoms with Crippen molar-refractivity contribution < 1.29 is 9.90 Å². The standard InChI is InChI=1S/C23H35N3O2S/c1-17-20(22(28)26-23-25-18(2)19(3)29-23)13-12-14-21(17)24-15-10-8-6-4-5-7-9-11-16-27/h12-14,24,27H,4-11,15-16H2,1-3H3,(H,25,26,28). The van der Waals surface area contributed by atoms with Crippen LogP contribution in [-0.2, 0) is 0 Å². The number of nitrogens with one attached hydrogen (secondary N) is 2. The number of nitrogens with zero attached hydrogens (tertiary/aromatic N) is 1. The number of unbranched alkanes of at least 4 members (excludes halogenated alkanes) is 7. The van der Waals surface area contributed by atoms with Crippen LogP contribution >= 0.6 is 11.3 Å². The normalized spacial score (nSPS) is 10.9. The molecule has 0 atom stereocenters. The molecule has 29 heavy (non-hydrogen) atoms. The predicted octanol–water partition coefficient (Wildman–Crippen LogP) is 5.85. The molecule has 5 nitrogen and oxygen atoms in total. The Morgan fingerprint density at radius 1 is 1.00 bits per heavy atom. The summed E-state index contributed by atoms with van der Waals surface area (Å²) in [6.07, 6.45) is 9.45. The lowest BCUT2D eigenvalue weighted by atomic mass is 10.1. The number of aromatic nitrogens is 1. The second-order valence-electron chi connectivity index (χ2n) is 7.57. The maximum Gasteiger partial charge on any atom is 0.257 e. The number of aryl methyl sites for hydroxylation is 2. The molecule has 0 aliphatic heterocycles. The molecule has 0 bridgehead atoms. The Kier molecular flexibility index (Phi) is 10.2. The Balaban J connectivity index is 1.74. The van der Waals surface area contributed by atoms with Crippen molar-refractivity contribution >= 4 is 28.1 Å². The van der Waals surface area contributed by atoms with E-state index >= 15 is 0 Å². The third-order valence-corrected chi connectivity index (χ3v) is 6.22. The molecule has 160 valence electrons. The summed E-state index contributed by atoms with van der Waals surface area (Å²) >= 11 is 1.51. The molecule has 0 aliphatic carbocycles. The lowest BCUT2D eigenvalue weighted by Gasteiger charge is -2.13. The van der Waals surface area contributed by atoms with E-state index in [1.54, 1.807) is 0 Å². The van der Waals surface area contributed by atoms with Gasteiger partial charge in [-0.1, -0.05) is 44.6 Å². The Morgan fingerprint density at radius 2 is 1.66 bits per heavy atom. The number of rotatable bonds is 13. The Labute approximate surface area is 179 Å². The zero-order chi connectivity index (χ0) is 21.1. The maximum atomic E-state index is 12.7. The average molecular weight is 418 g/mol. The monoisotopic (exact) mass is 417 g/mol. The molecule has 1 aromatic carbocycles. The van der Waals surface area contributed by atoms with Crippen LogP contribution in [-0.4, -0.2) is 29.1 Å². The van der Waals surface area contributed by atoms with Gasteiger partial charge < -0.3 is 10.4 Å². The van der Waals surface area contributed by atoms with Gasteiger partial charge in [-0.3, -0.25) is 10.1 Å². The van der Waals surface area contributed by atoms with Gasteiger partial charge in [-0.25, -0.2) is 4.98 Å². The highest BCUT2D eigenvalue weighted by Gasteiger charge is 2.14. The zero-order valence-corrected chi connectivity index (χ0v) is 18.8. The van der Waals surface area contributed by atoms with E-state index in [0.717, 1.165) is 47.6 Å². The first-order chi connectivity index (χ1) is 14.0. The summed E-state index contributed by atoms with van der Waals surface area (Å²) < 4.78 is 0. The number of hydrogen-bond acceptors (Lipinski definition) is 5. The third-order valence-electron chi connectivity index (χ3n) is 5.23. The Bertz CT molecular complexity index is 754. The molecule has 0 saturated heterocycles. The minimum Gasteiger partial charge on any atom is -0.396 e. The fourth-order valence-corrected chi connectivity index (χ4v) is 4.09. The first kappa shape index (κ1) is 23.4. The van der Waals surface area contributed by atoms with Crippen LogP contribution in [0.4, 0.5) is 10.8 Å². The van der Waals surface area contributed by atoms with Crippen molar-refractivity contribution in [3.05, 3.63) is 39.9 Å². The van der Waals surface area contributed by atoms with Crippen molar-refractivity contribution in [2.24, 2.45) is 0 Å². The number of amides is 1. The summed E-state index contributed by atoms with van der Waals surface area (Å²) in [5, 5.41) is 15.8. The minimum atomic E-state index is -0.110. The number of thiazole rings is 1. The second kappa shape index (κ2) is 12.6. The molecular weight excluding hydrogens is 382 g/mol. The SMILES string of the molecule is Cc1nc(NC(=O)c2cccc(NCCCCCCCCCCO)c2C)sc1C. The van der Waals surface area contributed by atoms with Crippen molar-refractivity contribution in [1.29, 1.82) is 0 Å². The van der Waals surface area contributed by atoms with Gasteiger partial charge in [0.15, 0.2) is 5.13 Å². The topological polar surface area (TPSA) is 74.2 Å². The van der Waals surface area contributed by atoms with Crippen molar-refractivity contribution in [1.82, 2.24) is 4.98 Å². The number of anilines is 2. The van der Waals surface area contributed by atoms with Crippen molar-refractivity contribution in [3.63, 3.8) is 0 Å². The molecule has 1 aromatic heterocycles. The summed E-state index contributed by atoms with van der Waals surface area (Å²) in [6.45, 7) is 7.19. The lowest BCUT2D eigenvalue weighted by Crippen LogP contribution is -2.14. The van der Waals surface area contributed by atoms with Crippen LogP contribution in [0, 0.1) is 20.8 Å². The second-order valence-corrected chi connectivity index (χ2v) is 8.77. The molecule has 0 fully saturated rings. The van der Waals surface area contributed by atoms with Gasteiger partial charge >= 0.3 is 0 Å². The third kappa shape index (κ3) is 7.78. The van der Waals surface area contributed by atoms with Gasteiger partial charge in [0.25, 0.3) is 5.91 Å². The van der Waals surface area contributed by atoms with Gasteiger partial charge in [0.05, 0.1) is 5.69 Å². The average Bonchev–Trinajstić information content (AvgIpc) is 3.01. The van der Waals surface area contributed by atoms with Crippen LogP contribution in [0.2, 0.25) is 0 Å². The zero-order valence-electron chi connectivity index (χ0n) is 18.0. The first-order valence-electron chi connectivity index (χ1n) is 10.7. The Morgan fingerprint density at radius 3 is 2.28 bits per heavy atom. The van der Waals surface area contributed by atoms with E-state index in [1.807, 2.05) is 39.0 Å². The number of carbonyl (C=O) groups excluding carboxylic acids is 1. The fourth-order valence-electron chi connectivity index (χ4n) is 3.28. The lowest BCUT2D eigenvalue weighted by molar-refractivity contribution is 0.102. The van der Waals surface area contributed by atoms with E-state index in [9.17, 15) is 4.79 Å². The first-order valence-corrected chi connectivity index (χ1v) is 11.5. The number of aliphatic hydroxyl groups is 1. The van der Waals surface area contributed by atoms with Gasteiger partial charge in [-0.2, -0.15) is 0 Å². The van der Waals surface area contributed by atoms with Gasteiger partial charge in [-0.05, 0) is 51.3 Å². The molecule has 0 spiro atoms. The summed E-state index contributed by atoms with van der Waals surface area (Å²) in [7, 11) is 0.